The van der Waals surface area contributed by atoms with Gasteiger partial charge in [0.15, 0.2) is 0 Å². The third-order valence-corrected chi connectivity index (χ3v) is 4.49. The minimum Gasteiger partial charge on any atom is -0.383 e. The second-order valence-electron chi connectivity index (χ2n) is 6.17. The van der Waals surface area contributed by atoms with Crippen molar-refractivity contribution in [1.29, 1.82) is 0 Å². The number of aromatic nitrogens is 5. The van der Waals surface area contributed by atoms with Crippen LogP contribution in [0.1, 0.15) is 30.0 Å². The standard InChI is InChI=1S/C17H16N6/c18-17-14-7-20-23(15(14)5-6-19-17)10-13-9-22-8-12(11-1-2-11)3-4-16(22)21-13/h3-9,11H,1-2,10H2,(H2,18,19). The van der Waals surface area contributed by atoms with Crippen molar-refractivity contribution in [1.82, 2.24) is 24.1 Å². The first-order chi connectivity index (χ1) is 11.3. The van der Waals surface area contributed by atoms with Gasteiger partial charge in [-0.3, -0.25) is 4.68 Å². The van der Waals surface area contributed by atoms with Gasteiger partial charge < -0.3 is 10.1 Å². The Hall–Kier alpha value is -2.89. The molecule has 6 heteroatoms. The molecule has 0 radical (unpaired) electrons. The fourth-order valence-electron chi connectivity index (χ4n) is 3.10. The number of nitrogen functional groups attached to an aromatic ring is 1. The van der Waals surface area contributed by atoms with E-state index in [1.807, 2.05) is 10.7 Å². The molecule has 5 rings (SSSR count). The molecular weight excluding hydrogens is 288 g/mol. The second-order valence-corrected chi connectivity index (χ2v) is 6.17. The normalized spacial score (nSPS) is 14.8. The monoisotopic (exact) mass is 304 g/mol. The molecule has 2 N–H and O–H groups in total. The van der Waals surface area contributed by atoms with Crippen LogP contribution >= 0.6 is 0 Å². The predicted octanol–water partition coefficient (Wildman–Crippen LogP) is 2.59. The van der Waals surface area contributed by atoms with E-state index in [1.165, 1.54) is 18.4 Å². The van der Waals surface area contributed by atoms with E-state index < -0.39 is 0 Å². The fraction of sp³-hybridized carbons (Fsp3) is 0.235. The highest BCUT2D eigenvalue weighted by Crippen LogP contribution is 2.39. The highest BCUT2D eigenvalue weighted by Gasteiger charge is 2.23. The first kappa shape index (κ1) is 12.6. The van der Waals surface area contributed by atoms with Gasteiger partial charge in [-0.25, -0.2) is 9.97 Å². The minimum atomic E-state index is 0.512. The molecule has 0 unspecified atom stereocenters. The van der Waals surface area contributed by atoms with Gasteiger partial charge in [-0.05, 0) is 36.5 Å². The Morgan fingerprint density at radius 1 is 1.17 bits per heavy atom. The maximum Gasteiger partial charge on any atom is 0.137 e. The number of nitrogens with two attached hydrogens (primary N) is 1. The SMILES string of the molecule is Nc1nccc2c1cnn2Cc1cn2cc(C3CC3)ccc2n1. The molecule has 0 atom stereocenters. The summed E-state index contributed by atoms with van der Waals surface area (Å²) in [5.41, 5.74) is 10.2. The number of hydrogen-bond acceptors (Lipinski definition) is 4. The van der Waals surface area contributed by atoms with E-state index in [9.17, 15) is 0 Å². The zero-order valence-corrected chi connectivity index (χ0v) is 12.6. The summed E-state index contributed by atoms with van der Waals surface area (Å²) in [6.07, 6.45) is 10.4. The number of anilines is 1. The maximum atomic E-state index is 5.89. The van der Waals surface area contributed by atoms with Gasteiger partial charge in [-0.15, -0.1) is 0 Å². The van der Waals surface area contributed by atoms with Crippen molar-refractivity contribution in [2.45, 2.75) is 25.3 Å². The number of nitrogens with zero attached hydrogens (tertiary/aromatic N) is 5. The Bertz CT molecular complexity index is 1020. The van der Waals surface area contributed by atoms with E-state index >= 15 is 0 Å². The number of imidazole rings is 1. The van der Waals surface area contributed by atoms with Gasteiger partial charge in [0.2, 0.25) is 0 Å². The van der Waals surface area contributed by atoms with E-state index in [0.29, 0.717) is 12.4 Å². The Morgan fingerprint density at radius 2 is 2.09 bits per heavy atom. The molecule has 0 spiro atoms. The highest BCUT2D eigenvalue weighted by atomic mass is 15.3. The van der Waals surface area contributed by atoms with Crippen molar-refractivity contribution in [3.8, 4) is 0 Å². The lowest BCUT2D eigenvalue weighted by molar-refractivity contribution is 0.700. The Labute approximate surface area is 132 Å². The average Bonchev–Trinajstić information content (AvgIpc) is 3.20. The van der Waals surface area contributed by atoms with Gasteiger partial charge in [0.25, 0.3) is 0 Å². The van der Waals surface area contributed by atoms with Gasteiger partial charge in [-0.2, -0.15) is 5.10 Å². The van der Waals surface area contributed by atoms with Gasteiger partial charge >= 0.3 is 0 Å². The molecule has 4 aromatic rings. The van der Waals surface area contributed by atoms with Crippen LogP contribution in [-0.2, 0) is 6.54 Å². The number of pyridine rings is 2. The Morgan fingerprint density at radius 3 is 2.96 bits per heavy atom. The molecule has 1 fully saturated rings. The van der Waals surface area contributed by atoms with Crippen molar-refractivity contribution in [3.05, 3.63) is 54.2 Å². The molecule has 0 aromatic carbocycles. The van der Waals surface area contributed by atoms with Crippen molar-refractivity contribution < 1.29 is 0 Å². The molecule has 114 valence electrons. The van der Waals surface area contributed by atoms with Crippen LogP contribution in [0.3, 0.4) is 0 Å². The van der Waals surface area contributed by atoms with E-state index in [0.717, 1.165) is 28.2 Å². The molecule has 4 aromatic heterocycles. The second kappa shape index (κ2) is 4.55. The number of rotatable bonds is 3. The average molecular weight is 304 g/mol. The molecule has 23 heavy (non-hydrogen) atoms. The molecule has 0 aliphatic heterocycles. The van der Waals surface area contributed by atoms with Gasteiger partial charge in [0, 0.05) is 18.6 Å². The maximum absolute atomic E-state index is 5.89. The number of fused-ring (bicyclic) bond motifs is 2. The fourth-order valence-corrected chi connectivity index (χ4v) is 3.10. The first-order valence-electron chi connectivity index (χ1n) is 7.81. The van der Waals surface area contributed by atoms with Crippen LogP contribution in [0.15, 0.2) is 43.0 Å². The third-order valence-electron chi connectivity index (χ3n) is 4.49. The Balaban J connectivity index is 1.53. The summed E-state index contributed by atoms with van der Waals surface area (Å²) in [6.45, 7) is 0.618. The van der Waals surface area contributed by atoms with Crippen LogP contribution < -0.4 is 5.73 Å². The van der Waals surface area contributed by atoms with E-state index in [1.54, 1.807) is 12.4 Å². The van der Waals surface area contributed by atoms with Crippen LogP contribution in [0, 0.1) is 0 Å². The minimum absolute atomic E-state index is 0.512. The predicted molar refractivity (Wildman–Crippen MR) is 88.2 cm³/mol. The molecule has 0 amide bonds. The van der Waals surface area contributed by atoms with Crippen molar-refractivity contribution in [3.63, 3.8) is 0 Å². The lowest BCUT2D eigenvalue weighted by Gasteiger charge is -2.00. The van der Waals surface area contributed by atoms with Crippen LogP contribution in [0.4, 0.5) is 5.82 Å². The zero-order chi connectivity index (χ0) is 15.4. The van der Waals surface area contributed by atoms with Gasteiger partial charge in [0.05, 0.1) is 29.3 Å². The summed E-state index contributed by atoms with van der Waals surface area (Å²) >= 11 is 0. The smallest absolute Gasteiger partial charge is 0.137 e. The summed E-state index contributed by atoms with van der Waals surface area (Å²) in [6, 6.07) is 6.22. The van der Waals surface area contributed by atoms with Crippen molar-refractivity contribution in [2.24, 2.45) is 0 Å². The molecule has 1 aliphatic carbocycles. The molecule has 1 saturated carbocycles. The van der Waals surface area contributed by atoms with E-state index in [-0.39, 0.29) is 0 Å². The molecule has 4 heterocycles. The lowest BCUT2D eigenvalue weighted by Crippen LogP contribution is -2.02. The molecule has 0 bridgehead atoms. The molecule has 6 nitrogen and oxygen atoms in total. The van der Waals surface area contributed by atoms with E-state index in [4.69, 9.17) is 10.7 Å². The molecule has 1 aliphatic rings. The van der Waals surface area contributed by atoms with Gasteiger partial charge in [-0.1, -0.05) is 6.07 Å². The summed E-state index contributed by atoms with van der Waals surface area (Å²) < 4.78 is 4.03. The summed E-state index contributed by atoms with van der Waals surface area (Å²) in [4.78, 5) is 8.79. The highest BCUT2D eigenvalue weighted by molar-refractivity contribution is 5.87. The van der Waals surface area contributed by atoms with Crippen LogP contribution in [0.25, 0.3) is 16.6 Å². The zero-order valence-electron chi connectivity index (χ0n) is 12.6. The summed E-state index contributed by atoms with van der Waals surface area (Å²) in [5, 5.41) is 5.31. The van der Waals surface area contributed by atoms with Crippen molar-refractivity contribution >= 4 is 22.4 Å². The van der Waals surface area contributed by atoms with Crippen molar-refractivity contribution in [2.75, 3.05) is 5.73 Å². The van der Waals surface area contributed by atoms with Crippen LogP contribution in [0.2, 0.25) is 0 Å². The molecule has 0 saturated heterocycles. The summed E-state index contributed by atoms with van der Waals surface area (Å²) in [7, 11) is 0. The van der Waals surface area contributed by atoms with E-state index in [2.05, 4.69) is 39.0 Å². The quantitative estimate of drug-likeness (QED) is 0.631. The number of hydrogen-bond donors (Lipinski definition) is 1. The first-order valence-corrected chi connectivity index (χ1v) is 7.81. The van der Waals surface area contributed by atoms with Crippen LogP contribution in [-0.4, -0.2) is 24.1 Å². The van der Waals surface area contributed by atoms with Gasteiger partial charge in [0.1, 0.15) is 11.5 Å². The third kappa shape index (κ3) is 2.06. The molecular formula is C17H16N6. The lowest BCUT2D eigenvalue weighted by atomic mass is 10.2. The Kier molecular flexibility index (Phi) is 2.50. The summed E-state index contributed by atoms with van der Waals surface area (Å²) in [5.74, 6) is 1.26. The van der Waals surface area contributed by atoms with Crippen LogP contribution in [0.5, 0.6) is 0 Å². The largest absolute Gasteiger partial charge is 0.383 e. The topological polar surface area (TPSA) is 74.0 Å².